The number of nitrogens with one attached hydrogen (secondary N) is 2. The van der Waals surface area contributed by atoms with Crippen molar-refractivity contribution in [1.82, 2.24) is 10.6 Å². The number of hydrogen-bond donors (Lipinski definition) is 2. The monoisotopic (exact) mass is 234 g/mol. The predicted octanol–water partition coefficient (Wildman–Crippen LogP) is 1.08. The molecule has 17 heavy (non-hydrogen) atoms. The molecular formula is C13H15FN2O. The third-order valence-corrected chi connectivity index (χ3v) is 3.81. The minimum Gasteiger partial charge on any atom is -0.349 e. The number of carbonyl (C=O) groups is 1. The lowest BCUT2D eigenvalue weighted by Crippen LogP contribution is -2.32. The van der Waals surface area contributed by atoms with E-state index < -0.39 is 0 Å². The molecule has 0 spiro atoms. The number of carbonyl (C=O) groups excluding carboxylic acids is 1. The Kier molecular flexibility index (Phi) is 2.40. The standard InChI is InChI=1S/C13H15FN2O/c1-7-4-8(2-3-11(7)14)13(17)16-12-9-5-15-6-10(9)12/h2-4,9-10,12,15H,5-6H2,1H3,(H,16,17). The van der Waals surface area contributed by atoms with Crippen molar-refractivity contribution in [3.05, 3.63) is 35.1 Å². The Morgan fingerprint density at radius 3 is 2.76 bits per heavy atom. The van der Waals surface area contributed by atoms with Crippen molar-refractivity contribution in [3.63, 3.8) is 0 Å². The summed E-state index contributed by atoms with van der Waals surface area (Å²) in [6.45, 7) is 3.66. The quantitative estimate of drug-likeness (QED) is 0.804. The maximum Gasteiger partial charge on any atom is 0.251 e. The van der Waals surface area contributed by atoms with Gasteiger partial charge in [0.1, 0.15) is 5.82 Å². The first kappa shape index (κ1) is 10.7. The Labute approximate surface area is 99.4 Å². The van der Waals surface area contributed by atoms with Crippen LogP contribution in [0.4, 0.5) is 4.39 Å². The molecule has 1 aliphatic heterocycles. The highest BCUT2D eigenvalue weighted by Crippen LogP contribution is 2.41. The molecule has 2 aliphatic rings. The number of hydrogen-bond acceptors (Lipinski definition) is 2. The maximum absolute atomic E-state index is 13.1. The summed E-state index contributed by atoms with van der Waals surface area (Å²) in [5, 5.41) is 6.30. The summed E-state index contributed by atoms with van der Waals surface area (Å²) in [6.07, 6.45) is 0. The molecule has 1 heterocycles. The summed E-state index contributed by atoms with van der Waals surface area (Å²) in [7, 11) is 0. The van der Waals surface area contributed by atoms with Crippen molar-refractivity contribution in [2.75, 3.05) is 13.1 Å². The van der Waals surface area contributed by atoms with Gasteiger partial charge in [-0.1, -0.05) is 0 Å². The first-order valence-electron chi connectivity index (χ1n) is 5.94. The first-order valence-corrected chi connectivity index (χ1v) is 5.94. The lowest BCUT2D eigenvalue weighted by Gasteiger charge is -2.08. The molecule has 0 aromatic heterocycles. The molecule has 3 nitrogen and oxygen atoms in total. The van der Waals surface area contributed by atoms with Crippen LogP contribution >= 0.6 is 0 Å². The fraction of sp³-hybridized carbons (Fsp3) is 0.462. The van der Waals surface area contributed by atoms with Gasteiger partial charge >= 0.3 is 0 Å². The molecule has 3 rings (SSSR count). The molecular weight excluding hydrogens is 219 g/mol. The van der Waals surface area contributed by atoms with Crippen LogP contribution in [0.3, 0.4) is 0 Å². The van der Waals surface area contributed by atoms with Crippen LogP contribution in [-0.2, 0) is 0 Å². The molecule has 2 N–H and O–H groups in total. The van der Waals surface area contributed by atoms with Crippen LogP contribution in [0.15, 0.2) is 18.2 Å². The number of fused-ring (bicyclic) bond motifs is 1. The van der Waals surface area contributed by atoms with Gasteiger partial charge < -0.3 is 10.6 Å². The van der Waals surface area contributed by atoms with Crippen LogP contribution in [0.1, 0.15) is 15.9 Å². The van der Waals surface area contributed by atoms with Gasteiger partial charge in [-0.2, -0.15) is 0 Å². The summed E-state index contributed by atoms with van der Waals surface area (Å²) in [6, 6.07) is 4.79. The zero-order valence-electron chi connectivity index (χ0n) is 9.66. The van der Waals surface area contributed by atoms with Crippen molar-refractivity contribution >= 4 is 5.91 Å². The molecule has 0 bridgehead atoms. The second kappa shape index (κ2) is 3.81. The Bertz CT molecular complexity index is 464. The fourth-order valence-electron chi connectivity index (χ4n) is 2.65. The predicted molar refractivity (Wildman–Crippen MR) is 62.2 cm³/mol. The highest BCUT2D eigenvalue weighted by Gasteiger charge is 2.53. The van der Waals surface area contributed by atoms with Gasteiger partial charge in [-0.3, -0.25) is 4.79 Å². The summed E-state index contributed by atoms with van der Waals surface area (Å²) in [4.78, 5) is 11.9. The lowest BCUT2D eigenvalue weighted by molar-refractivity contribution is 0.0946. The number of aryl methyl sites for hydroxylation is 1. The molecule has 2 unspecified atom stereocenters. The molecule has 1 amide bonds. The number of amides is 1. The molecule has 1 aromatic carbocycles. The molecule has 90 valence electrons. The van der Waals surface area contributed by atoms with E-state index in [0.717, 1.165) is 13.1 Å². The Balaban J connectivity index is 1.68. The van der Waals surface area contributed by atoms with E-state index in [9.17, 15) is 9.18 Å². The molecule has 1 aliphatic carbocycles. The molecule has 2 fully saturated rings. The van der Waals surface area contributed by atoms with Gasteiger partial charge in [-0.05, 0) is 42.5 Å². The Hall–Kier alpha value is -1.42. The van der Waals surface area contributed by atoms with Crippen LogP contribution in [0, 0.1) is 24.6 Å². The van der Waals surface area contributed by atoms with Gasteiger partial charge in [0.2, 0.25) is 0 Å². The van der Waals surface area contributed by atoms with Gasteiger partial charge in [0.25, 0.3) is 5.91 Å². The van der Waals surface area contributed by atoms with E-state index in [-0.39, 0.29) is 11.7 Å². The molecule has 2 atom stereocenters. The van der Waals surface area contributed by atoms with Crippen LogP contribution in [0.2, 0.25) is 0 Å². The van der Waals surface area contributed by atoms with E-state index in [1.807, 2.05) is 0 Å². The average Bonchev–Trinajstić information content (AvgIpc) is 2.76. The van der Waals surface area contributed by atoms with E-state index in [1.165, 1.54) is 12.1 Å². The second-order valence-electron chi connectivity index (χ2n) is 4.95. The number of benzene rings is 1. The van der Waals surface area contributed by atoms with Crippen molar-refractivity contribution < 1.29 is 9.18 Å². The van der Waals surface area contributed by atoms with Gasteiger partial charge in [-0.25, -0.2) is 4.39 Å². The normalized spacial score (nSPS) is 29.9. The Morgan fingerprint density at radius 2 is 2.12 bits per heavy atom. The largest absolute Gasteiger partial charge is 0.349 e. The van der Waals surface area contributed by atoms with Gasteiger partial charge in [0.05, 0.1) is 0 Å². The maximum atomic E-state index is 13.1. The first-order chi connectivity index (χ1) is 8.16. The summed E-state index contributed by atoms with van der Waals surface area (Å²) >= 11 is 0. The minimum absolute atomic E-state index is 0.0903. The van der Waals surface area contributed by atoms with Crippen molar-refractivity contribution in [2.24, 2.45) is 11.8 Å². The summed E-state index contributed by atoms with van der Waals surface area (Å²) in [5.41, 5.74) is 1.05. The van der Waals surface area contributed by atoms with E-state index in [2.05, 4.69) is 10.6 Å². The van der Waals surface area contributed by atoms with Crippen LogP contribution < -0.4 is 10.6 Å². The van der Waals surface area contributed by atoms with Crippen LogP contribution in [-0.4, -0.2) is 25.0 Å². The van der Waals surface area contributed by atoms with E-state index in [4.69, 9.17) is 0 Å². The van der Waals surface area contributed by atoms with E-state index in [0.29, 0.717) is 29.0 Å². The molecule has 0 radical (unpaired) electrons. The number of rotatable bonds is 2. The second-order valence-corrected chi connectivity index (χ2v) is 4.95. The van der Waals surface area contributed by atoms with E-state index in [1.54, 1.807) is 13.0 Å². The van der Waals surface area contributed by atoms with Gasteiger partial charge in [0, 0.05) is 24.7 Å². The fourth-order valence-corrected chi connectivity index (χ4v) is 2.65. The molecule has 1 saturated carbocycles. The smallest absolute Gasteiger partial charge is 0.251 e. The van der Waals surface area contributed by atoms with Crippen LogP contribution in [0.25, 0.3) is 0 Å². The number of halogens is 1. The lowest BCUT2D eigenvalue weighted by atomic mass is 10.1. The zero-order chi connectivity index (χ0) is 12.0. The highest BCUT2D eigenvalue weighted by molar-refractivity contribution is 5.94. The Morgan fingerprint density at radius 1 is 1.41 bits per heavy atom. The van der Waals surface area contributed by atoms with Crippen molar-refractivity contribution in [2.45, 2.75) is 13.0 Å². The zero-order valence-corrected chi connectivity index (χ0v) is 9.66. The number of piperidine rings is 1. The summed E-state index contributed by atoms with van der Waals surface area (Å²) < 4.78 is 13.1. The summed E-state index contributed by atoms with van der Waals surface area (Å²) in [5.74, 6) is 0.836. The highest BCUT2D eigenvalue weighted by atomic mass is 19.1. The van der Waals surface area contributed by atoms with Gasteiger partial charge in [-0.15, -0.1) is 0 Å². The van der Waals surface area contributed by atoms with Crippen molar-refractivity contribution in [3.8, 4) is 0 Å². The van der Waals surface area contributed by atoms with Crippen molar-refractivity contribution in [1.29, 1.82) is 0 Å². The third-order valence-electron chi connectivity index (χ3n) is 3.81. The third kappa shape index (κ3) is 1.82. The molecule has 4 heteroatoms. The topological polar surface area (TPSA) is 41.1 Å². The molecule has 1 aromatic rings. The average molecular weight is 234 g/mol. The minimum atomic E-state index is -0.269. The molecule has 1 saturated heterocycles. The van der Waals surface area contributed by atoms with Crippen LogP contribution in [0.5, 0.6) is 0 Å². The van der Waals surface area contributed by atoms with Gasteiger partial charge in [0.15, 0.2) is 0 Å². The van der Waals surface area contributed by atoms with E-state index >= 15 is 0 Å². The SMILES string of the molecule is Cc1cc(C(=O)NC2C3CNCC32)ccc1F.